The van der Waals surface area contributed by atoms with Crippen molar-refractivity contribution in [2.24, 2.45) is 0 Å². The number of carbonyl (C=O) groups excluding carboxylic acids is 1. The molecule has 0 aromatic heterocycles. The highest BCUT2D eigenvalue weighted by molar-refractivity contribution is 5.75. The maximum Gasteiger partial charge on any atom is 0.220 e. The molecule has 1 aromatic carbocycles. The van der Waals surface area contributed by atoms with Gasteiger partial charge >= 0.3 is 0 Å². The van der Waals surface area contributed by atoms with Gasteiger partial charge in [0.25, 0.3) is 0 Å². The first kappa shape index (κ1) is 33.3. The molecule has 4 heteroatoms. The number of nitrogens with one attached hydrogen (secondary N) is 1. The molecule has 1 rings (SSSR count). The van der Waals surface area contributed by atoms with Crippen LogP contribution in [0.3, 0.4) is 0 Å². The summed E-state index contributed by atoms with van der Waals surface area (Å²) in [6.07, 6.45) is 31.5. The van der Waals surface area contributed by atoms with Crippen LogP contribution in [-0.4, -0.2) is 22.7 Å². The van der Waals surface area contributed by atoms with Gasteiger partial charge in [-0.1, -0.05) is 148 Å². The zero-order chi connectivity index (χ0) is 26.8. The molecular formula is C33H59NO3. The maximum atomic E-state index is 12.0. The van der Waals surface area contributed by atoms with Crippen molar-refractivity contribution in [3.8, 4) is 11.5 Å². The highest BCUT2D eigenvalue weighted by atomic mass is 16.3. The number of hydrogen-bond donors (Lipinski definition) is 3. The SMILES string of the molecule is CCCCCCCCCCCCCCCCCCCCCCCCC(=O)NCCc1ccc(O)c(O)c1. The van der Waals surface area contributed by atoms with Crippen LogP contribution < -0.4 is 5.32 Å². The lowest BCUT2D eigenvalue weighted by molar-refractivity contribution is -0.121. The molecule has 1 aromatic rings. The third-order valence-corrected chi connectivity index (χ3v) is 7.53. The summed E-state index contributed by atoms with van der Waals surface area (Å²) in [5.74, 6) is -0.118. The van der Waals surface area contributed by atoms with Crippen molar-refractivity contribution in [1.82, 2.24) is 5.32 Å². The average Bonchev–Trinajstić information content (AvgIpc) is 2.89. The van der Waals surface area contributed by atoms with E-state index in [0.29, 0.717) is 19.4 Å². The van der Waals surface area contributed by atoms with E-state index >= 15 is 0 Å². The number of benzene rings is 1. The third kappa shape index (κ3) is 21.0. The molecule has 0 saturated heterocycles. The lowest BCUT2D eigenvalue weighted by atomic mass is 10.0. The van der Waals surface area contributed by atoms with E-state index in [1.807, 2.05) is 0 Å². The molecule has 0 radical (unpaired) electrons. The lowest BCUT2D eigenvalue weighted by Gasteiger charge is -2.07. The number of aromatic hydroxyl groups is 2. The van der Waals surface area contributed by atoms with E-state index in [0.717, 1.165) is 18.4 Å². The van der Waals surface area contributed by atoms with Crippen molar-refractivity contribution in [1.29, 1.82) is 0 Å². The lowest BCUT2D eigenvalue weighted by Crippen LogP contribution is -2.25. The van der Waals surface area contributed by atoms with Gasteiger partial charge in [-0.25, -0.2) is 0 Å². The first-order chi connectivity index (χ1) is 18.1. The van der Waals surface area contributed by atoms with Crippen LogP contribution in [-0.2, 0) is 11.2 Å². The van der Waals surface area contributed by atoms with Crippen molar-refractivity contribution >= 4 is 5.91 Å². The topological polar surface area (TPSA) is 69.6 Å². The number of rotatable bonds is 26. The molecule has 214 valence electrons. The fraction of sp³-hybridized carbons (Fsp3) is 0.788. The summed E-state index contributed by atoms with van der Waals surface area (Å²) in [5.41, 5.74) is 0.903. The minimum absolute atomic E-state index is 0.108. The van der Waals surface area contributed by atoms with E-state index in [1.165, 1.54) is 134 Å². The van der Waals surface area contributed by atoms with Crippen molar-refractivity contribution < 1.29 is 15.0 Å². The Balaban J connectivity index is 1.74. The molecule has 0 fully saturated rings. The van der Waals surface area contributed by atoms with Gasteiger partial charge in [0.05, 0.1) is 0 Å². The van der Waals surface area contributed by atoms with Gasteiger partial charge in [-0.2, -0.15) is 0 Å². The Labute approximate surface area is 229 Å². The Morgan fingerprint density at radius 1 is 0.595 bits per heavy atom. The van der Waals surface area contributed by atoms with Crippen molar-refractivity contribution in [2.75, 3.05) is 6.54 Å². The van der Waals surface area contributed by atoms with Crippen molar-refractivity contribution in [2.45, 2.75) is 161 Å². The van der Waals surface area contributed by atoms with E-state index < -0.39 is 0 Å². The van der Waals surface area contributed by atoms with Gasteiger partial charge in [0.15, 0.2) is 11.5 Å². The number of phenolic OH excluding ortho intramolecular Hbond substituents is 2. The highest BCUT2D eigenvalue weighted by Crippen LogP contribution is 2.24. The molecule has 4 nitrogen and oxygen atoms in total. The Bertz CT molecular complexity index is 661. The van der Waals surface area contributed by atoms with Gasteiger partial charge in [-0.15, -0.1) is 0 Å². The molecule has 1 amide bonds. The minimum Gasteiger partial charge on any atom is -0.504 e. The van der Waals surface area contributed by atoms with Crippen LogP contribution in [0.15, 0.2) is 18.2 Å². The average molecular weight is 518 g/mol. The molecule has 0 aliphatic heterocycles. The quantitative estimate of drug-likeness (QED) is 0.0846. The van der Waals surface area contributed by atoms with Gasteiger partial charge in [0.1, 0.15) is 0 Å². The predicted octanol–water partition coefficient (Wildman–Crippen LogP) is 9.75. The summed E-state index contributed by atoms with van der Waals surface area (Å²) in [7, 11) is 0. The van der Waals surface area contributed by atoms with E-state index in [1.54, 1.807) is 12.1 Å². The van der Waals surface area contributed by atoms with Crippen molar-refractivity contribution in [3.63, 3.8) is 0 Å². The third-order valence-electron chi connectivity index (χ3n) is 7.53. The van der Waals surface area contributed by atoms with E-state index in [9.17, 15) is 15.0 Å². The van der Waals surface area contributed by atoms with Crippen LogP contribution in [0, 0.1) is 0 Å². The van der Waals surface area contributed by atoms with Gasteiger partial charge in [-0.3, -0.25) is 4.79 Å². The molecule has 0 unspecified atom stereocenters. The summed E-state index contributed by atoms with van der Waals surface area (Å²) < 4.78 is 0. The fourth-order valence-electron chi connectivity index (χ4n) is 5.05. The molecule has 0 spiro atoms. The van der Waals surface area contributed by atoms with Gasteiger partial charge in [0, 0.05) is 13.0 Å². The van der Waals surface area contributed by atoms with Gasteiger partial charge in [0.2, 0.25) is 5.91 Å². The molecule has 37 heavy (non-hydrogen) atoms. The monoisotopic (exact) mass is 517 g/mol. The molecule has 0 aliphatic rings. The Morgan fingerprint density at radius 2 is 1.00 bits per heavy atom. The smallest absolute Gasteiger partial charge is 0.220 e. The molecule has 0 heterocycles. The summed E-state index contributed by atoms with van der Waals surface area (Å²) in [5, 5.41) is 21.8. The Hall–Kier alpha value is -1.71. The second kappa shape index (κ2) is 24.6. The number of hydrogen-bond acceptors (Lipinski definition) is 3. The van der Waals surface area contributed by atoms with Crippen LogP contribution in [0.5, 0.6) is 11.5 Å². The number of carbonyl (C=O) groups is 1. The second-order valence-corrected chi connectivity index (χ2v) is 11.1. The fourth-order valence-corrected chi connectivity index (χ4v) is 5.05. The number of unbranched alkanes of at least 4 members (excludes halogenated alkanes) is 21. The number of amides is 1. The summed E-state index contributed by atoms with van der Waals surface area (Å²) >= 11 is 0. The van der Waals surface area contributed by atoms with Gasteiger partial charge < -0.3 is 15.5 Å². The Morgan fingerprint density at radius 3 is 1.41 bits per heavy atom. The first-order valence-electron chi connectivity index (χ1n) is 15.9. The normalized spacial score (nSPS) is 11.2. The summed E-state index contributed by atoms with van der Waals surface area (Å²) in [6, 6.07) is 4.79. The second-order valence-electron chi connectivity index (χ2n) is 11.1. The van der Waals surface area contributed by atoms with Crippen LogP contribution >= 0.6 is 0 Å². The number of phenols is 2. The van der Waals surface area contributed by atoms with E-state index in [-0.39, 0.29) is 17.4 Å². The molecule has 0 bridgehead atoms. The minimum atomic E-state index is -0.113. The highest BCUT2D eigenvalue weighted by Gasteiger charge is 2.03. The molecule has 0 atom stereocenters. The standard InChI is InChI=1S/C33H59NO3/c1-2-3-4-5-6-7-8-9-10-11-12-13-14-15-16-17-18-19-20-21-22-23-24-33(37)34-28-27-30-25-26-31(35)32(36)29-30/h25-26,29,35-36H,2-24,27-28H2,1H3,(H,34,37). The Kier molecular flexibility index (Phi) is 22.2. The molecule has 0 aliphatic carbocycles. The van der Waals surface area contributed by atoms with Crippen LogP contribution in [0.1, 0.15) is 160 Å². The van der Waals surface area contributed by atoms with Crippen LogP contribution in [0.25, 0.3) is 0 Å². The molecule has 0 saturated carbocycles. The zero-order valence-electron chi connectivity index (χ0n) is 24.2. The zero-order valence-corrected chi connectivity index (χ0v) is 24.2. The van der Waals surface area contributed by atoms with Gasteiger partial charge in [-0.05, 0) is 30.5 Å². The first-order valence-corrected chi connectivity index (χ1v) is 15.9. The summed E-state index contributed by atoms with van der Waals surface area (Å²) in [6.45, 7) is 2.85. The predicted molar refractivity (Wildman–Crippen MR) is 158 cm³/mol. The van der Waals surface area contributed by atoms with Crippen LogP contribution in [0.2, 0.25) is 0 Å². The molecule has 3 N–H and O–H groups in total. The maximum absolute atomic E-state index is 12.0. The molecular weight excluding hydrogens is 458 g/mol. The summed E-state index contributed by atoms with van der Waals surface area (Å²) in [4.78, 5) is 12.0. The van der Waals surface area contributed by atoms with Crippen LogP contribution in [0.4, 0.5) is 0 Å². The van der Waals surface area contributed by atoms with Crippen molar-refractivity contribution in [3.05, 3.63) is 23.8 Å². The van der Waals surface area contributed by atoms with E-state index in [4.69, 9.17) is 0 Å². The largest absolute Gasteiger partial charge is 0.504 e. The van der Waals surface area contributed by atoms with E-state index in [2.05, 4.69) is 12.2 Å².